The molecule has 2 aliphatic rings. The van der Waals surface area contributed by atoms with Crippen LogP contribution in [0.25, 0.3) is 0 Å². The quantitative estimate of drug-likeness (QED) is 0.396. The van der Waals surface area contributed by atoms with Gasteiger partial charge < -0.3 is 29.3 Å². The summed E-state index contributed by atoms with van der Waals surface area (Å²) in [7, 11) is 0. The number of nitrogens with zero attached hydrogens (tertiary/aromatic N) is 2. The number of carbonyl (C=O) groups excluding carboxylic acids is 3. The highest BCUT2D eigenvalue weighted by Crippen LogP contribution is 2.41. The number of amides is 3. The van der Waals surface area contributed by atoms with Gasteiger partial charge in [-0.2, -0.15) is 0 Å². The maximum atomic E-state index is 13.5. The minimum atomic E-state index is -0.633. The third-order valence-electron chi connectivity index (χ3n) is 6.76. The standard InChI is InChI=1S/C30H47N3O6/c1-19(2)32(27(35)38-29(4,5)6)15-10-11-16-33(28(36)39-30(7,8)9)24-14-12-13-21-17-25-23(18-22(21)24)31-26(34)20(3)37-25/h17-20,24H,10-16H2,1-9H3,(H,31,34). The molecule has 39 heavy (non-hydrogen) atoms. The summed E-state index contributed by atoms with van der Waals surface area (Å²) in [5.74, 6) is 0.486. The van der Waals surface area contributed by atoms with Gasteiger partial charge in [0.05, 0.1) is 11.7 Å². The molecule has 1 aromatic carbocycles. The fourth-order valence-electron chi connectivity index (χ4n) is 4.94. The molecule has 9 heteroatoms. The second-order valence-electron chi connectivity index (χ2n) is 12.9. The Kier molecular flexibility index (Phi) is 9.44. The Morgan fingerprint density at radius 1 is 1.03 bits per heavy atom. The molecule has 1 aliphatic heterocycles. The fourth-order valence-corrected chi connectivity index (χ4v) is 4.94. The number of nitrogens with one attached hydrogen (secondary N) is 1. The normalized spacial score (nSPS) is 18.9. The highest BCUT2D eigenvalue weighted by atomic mass is 16.6. The topological polar surface area (TPSA) is 97.4 Å². The molecule has 9 nitrogen and oxygen atoms in total. The number of rotatable bonds is 7. The van der Waals surface area contributed by atoms with Gasteiger partial charge in [-0.3, -0.25) is 4.79 Å². The first-order chi connectivity index (χ1) is 18.1. The summed E-state index contributed by atoms with van der Waals surface area (Å²) in [5, 5.41) is 2.94. The number of fused-ring (bicyclic) bond motifs is 2. The average Bonchev–Trinajstić information content (AvgIpc) is 2.78. The molecule has 0 bridgehead atoms. The first kappa shape index (κ1) is 30.6. The highest BCUT2D eigenvalue weighted by molar-refractivity contribution is 5.97. The molecule has 3 rings (SSSR count). The highest BCUT2D eigenvalue weighted by Gasteiger charge is 2.34. The van der Waals surface area contributed by atoms with Crippen LogP contribution in [0.2, 0.25) is 0 Å². The van der Waals surface area contributed by atoms with Crippen LogP contribution in [-0.4, -0.2) is 64.3 Å². The number of anilines is 1. The van der Waals surface area contributed by atoms with E-state index >= 15 is 0 Å². The summed E-state index contributed by atoms with van der Waals surface area (Å²) < 4.78 is 17.2. The number of carbonyl (C=O) groups is 3. The predicted octanol–water partition coefficient (Wildman–Crippen LogP) is 6.45. The molecule has 0 saturated heterocycles. The van der Waals surface area contributed by atoms with Crippen LogP contribution >= 0.6 is 0 Å². The van der Waals surface area contributed by atoms with Gasteiger partial charge in [-0.05, 0) is 118 Å². The van der Waals surface area contributed by atoms with E-state index in [1.807, 2.05) is 72.4 Å². The molecular weight excluding hydrogens is 498 g/mol. The molecule has 1 aromatic rings. The van der Waals surface area contributed by atoms with Crippen molar-refractivity contribution in [1.29, 1.82) is 0 Å². The van der Waals surface area contributed by atoms with Crippen molar-refractivity contribution < 1.29 is 28.6 Å². The van der Waals surface area contributed by atoms with Gasteiger partial charge in [-0.25, -0.2) is 9.59 Å². The lowest BCUT2D eigenvalue weighted by molar-refractivity contribution is -0.122. The van der Waals surface area contributed by atoms with Crippen molar-refractivity contribution in [3.8, 4) is 5.75 Å². The molecule has 1 heterocycles. The minimum Gasteiger partial charge on any atom is -0.479 e. The molecule has 1 aliphatic carbocycles. The Morgan fingerprint density at radius 2 is 1.64 bits per heavy atom. The number of aryl methyl sites for hydroxylation is 1. The molecule has 0 radical (unpaired) electrons. The maximum Gasteiger partial charge on any atom is 0.410 e. The first-order valence-electron chi connectivity index (χ1n) is 14.2. The summed E-state index contributed by atoms with van der Waals surface area (Å²) in [6.45, 7) is 17.9. The zero-order valence-electron chi connectivity index (χ0n) is 25.2. The van der Waals surface area contributed by atoms with E-state index in [4.69, 9.17) is 14.2 Å². The Labute approximate surface area is 233 Å². The van der Waals surface area contributed by atoms with Crippen LogP contribution in [0.1, 0.15) is 105 Å². The molecule has 2 unspecified atom stereocenters. The van der Waals surface area contributed by atoms with E-state index in [9.17, 15) is 14.4 Å². The van der Waals surface area contributed by atoms with E-state index in [1.54, 1.807) is 11.8 Å². The minimum absolute atomic E-state index is 0.00152. The summed E-state index contributed by atoms with van der Waals surface area (Å²) in [5.41, 5.74) is 1.58. The number of ether oxygens (including phenoxy) is 3. The Balaban J connectivity index is 1.79. The lowest BCUT2D eigenvalue weighted by Crippen LogP contribution is -2.43. The number of hydrogen-bond donors (Lipinski definition) is 1. The summed E-state index contributed by atoms with van der Waals surface area (Å²) in [6, 6.07) is 3.77. The van der Waals surface area contributed by atoms with E-state index < -0.39 is 17.3 Å². The average molecular weight is 546 g/mol. The number of unbranched alkanes of at least 4 members (excludes halogenated alkanes) is 1. The van der Waals surface area contributed by atoms with Crippen LogP contribution < -0.4 is 10.1 Å². The smallest absolute Gasteiger partial charge is 0.410 e. The second-order valence-corrected chi connectivity index (χ2v) is 12.9. The maximum absolute atomic E-state index is 13.5. The van der Waals surface area contributed by atoms with Gasteiger partial charge in [0.15, 0.2) is 6.10 Å². The molecule has 0 aromatic heterocycles. The summed E-state index contributed by atoms with van der Waals surface area (Å²) in [4.78, 5) is 42.0. The second kappa shape index (κ2) is 12.0. The lowest BCUT2D eigenvalue weighted by Gasteiger charge is -2.38. The van der Waals surface area contributed by atoms with E-state index in [0.717, 1.165) is 30.4 Å². The molecule has 3 amide bonds. The van der Waals surface area contributed by atoms with Crippen molar-refractivity contribution in [3.05, 3.63) is 23.3 Å². The zero-order chi connectivity index (χ0) is 29.1. The number of benzene rings is 1. The fraction of sp³-hybridized carbons (Fsp3) is 0.700. The van der Waals surface area contributed by atoms with Crippen molar-refractivity contribution in [3.63, 3.8) is 0 Å². The third kappa shape index (κ3) is 8.26. The van der Waals surface area contributed by atoms with Crippen LogP contribution in [-0.2, 0) is 20.7 Å². The molecular formula is C30H47N3O6. The molecule has 218 valence electrons. The van der Waals surface area contributed by atoms with Crippen molar-refractivity contribution in [2.45, 2.75) is 124 Å². The van der Waals surface area contributed by atoms with E-state index in [0.29, 0.717) is 37.4 Å². The van der Waals surface area contributed by atoms with Crippen molar-refractivity contribution in [1.82, 2.24) is 9.80 Å². The van der Waals surface area contributed by atoms with Crippen molar-refractivity contribution in [2.24, 2.45) is 0 Å². The largest absolute Gasteiger partial charge is 0.479 e. The van der Waals surface area contributed by atoms with Crippen LogP contribution in [0.15, 0.2) is 12.1 Å². The van der Waals surface area contributed by atoms with Gasteiger partial charge in [0, 0.05) is 19.1 Å². The Hall–Kier alpha value is -2.97. The molecule has 0 saturated carbocycles. The van der Waals surface area contributed by atoms with Gasteiger partial charge in [-0.15, -0.1) is 0 Å². The van der Waals surface area contributed by atoms with Crippen LogP contribution in [0.3, 0.4) is 0 Å². The van der Waals surface area contributed by atoms with E-state index in [1.165, 1.54) is 0 Å². The molecule has 2 atom stereocenters. The molecule has 1 N–H and O–H groups in total. The van der Waals surface area contributed by atoms with E-state index in [-0.39, 0.29) is 30.2 Å². The predicted molar refractivity (Wildman–Crippen MR) is 151 cm³/mol. The Bertz CT molecular complexity index is 1060. The number of hydrogen-bond acceptors (Lipinski definition) is 6. The lowest BCUT2D eigenvalue weighted by atomic mass is 9.85. The van der Waals surface area contributed by atoms with Crippen molar-refractivity contribution >= 4 is 23.8 Å². The van der Waals surface area contributed by atoms with Crippen LogP contribution in [0, 0.1) is 0 Å². The SMILES string of the molecule is CC1Oc2cc3c(cc2NC1=O)C(N(CCCCN(C(=O)OC(C)(C)C)C(C)C)C(=O)OC(C)(C)C)CCC3. The third-order valence-corrected chi connectivity index (χ3v) is 6.76. The van der Waals surface area contributed by atoms with Gasteiger partial charge in [0.25, 0.3) is 5.91 Å². The first-order valence-corrected chi connectivity index (χ1v) is 14.2. The van der Waals surface area contributed by atoms with Crippen LogP contribution in [0.4, 0.5) is 15.3 Å². The van der Waals surface area contributed by atoms with Gasteiger partial charge in [0.1, 0.15) is 17.0 Å². The van der Waals surface area contributed by atoms with Crippen LogP contribution in [0.5, 0.6) is 5.75 Å². The van der Waals surface area contributed by atoms with Gasteiger partial charge >= 0.3 is 12.2 Å². The summed E-state index contributed by atoms with van der Waals surface area (Å²) >= 11 is 0. The van der Waals surface area contributed by atoms with Crippen molar-refractivity contribution in [2.75, 3.05) is 18.4 Å². The van der Waals surface area contributed by atoms with Gasteiger partial charge in [-0.1, -0.05) is 0 Å². The molecule has 0 fully saturated rings. The monoisotopic (exact) mass is 545 g/mol. The summed E-state index contributed by atoms with van der Waals surface area (Å²) in [6.07, 6.45) is 2.78. The van der Waals surface area contributed by atoms with E-state index in [2.05, 4.69) is 5.32 Å². The zero-order valence-corrected chi connectivity index (χ0v) is 25.2. The molecule has 0 spiro atoms. The Morgan fingerprint density at radius 3 is 2.26 bits per heavy atom. The van der Waals surface area contributed by atoms with Gasteiger partial charge in [0.2, 0.25) is 0 Å².